The van der Waals surface area contributed by atoms with Gasteiger partial charge in [-0.2, -0.15) is 0 Å². The molecule has 0 aliphatic rings. The Bertz CT molecular complexity index is 643. The first-order chi connectivity index (χ1) is 9.97. The third-order valence-corrected chi connectivity index (χ3v) is 3.29. The number of halogens is 1. The molecule has 5 heteroatoms. The Labute approximate surface area is 123 Å². The van der Waals surface area contributed by atoms with Crippen LogP contribution < -0.4 is 5.32 Å². The molecule has 0 saturated carbocycles. The van der Waals surface area contributed by atoms with Crippen LogP contribution in [0.4, 0.5) is 4.39 Å². The zero-order chi connectivity index (χ0) is 15.4. The van der Waals surface area contributed by atoms with Crippen molar-refractivity contribution in [1.29, 1.82) is 0 Å². The van der Waals surface area contributed by atoms with Crippen molar-refractivity contribution >= 4 is 16.9 Å². The third kappa shape index (κ3) is 3.98. The molecule has 1 unspecified atom stereocenters. The first-order valence-electron chi connectivity index (χ1n) is 6.96. The molecular weight excluding hydrogens is 271 g/mol. The average molecular weight is 290 g/mol. The van der Waals surface area contributed by atoms with Crippen LogP contribution >= 0.6 is 0 Å². The molecule has 4 nitrogen and oxygen atoms in total. The number of nitrogens with one attached hydrogen (secondary N) is 1. The van der Waals surface area contributed by atoms with Gasteiger partial charge in [-0.3, -0.25) is 9.78 Å². The summed E-state index contributed by atoms with van der Waals surface area (Å²) in [4.78, 5) is 15.5. The molecule has 1 aromatic carbocycles. The Morgan fingerprint density at radius 3 is 2.86 bits per heavy atom. The van der Waals surface area contributed by atoms with E-state index in [0.717, 1.165) is 0 Å². The Morgan fingerprint density at radius 2 is 2.19 bits per heavy atom. The number of carboxylic acids is 1. The predicted octanol–water partition coefficient (Wildman–Crippen LogP) is 2.96. The summed E-state index contributed by atoms with van der Waals surface area (Å²) in [7, 11) is 0. The van der Waals surface area contributed by atoms with Crippen molar-refractivity contribution in [1.82, 2.24) is 10.3 Å². The van der Waals surface area contributed by atoms with Crippen molar-refractivity contribution in [3.8, 4) is 0 Å². The third-order valence-electron chi connectivity index (χ3n) is 3.29. The highest BCUT2D eigenvalue weighted by atomic mass is 19.1. The van der Waals surface area contributed by atoms with E-state index >= 15 is 0 Å². The minimum atomic E-state index is -0.891. The van der Waals surface area contributed by atoms with Crippen LogP contribution in [0, 0.1) is 11.7 Å². The van der Waals surface area contributed by atoms with E-state index in [1.54, 1.807) is 18.3 Å². The minimum Gasteiger partial charge on any atom is -0.480 e. The molecule has 1 aromatic heterocycles. The lowest BCUT2D eigenvalue weighted by Gasteiger charge is -2.17. The fourth-order valence-electron chi connectivity index (χ4n) is 2.34. The normalized spacial score (nSPS) is 12.8. The summed E-state index contributed by atoms with van der Waals surface area (Å²) in [6.45, 7) is 4.21. The fraction of sp³-hybridized carbons (Fsp3) is 0.375. The number of carboxylic acid groups (broad SMARTS) is 1. The van der Waals surface area contributed by atoms with Crippen LogP contribution in [0.25, 0.3) is 10.9 Å². The maximum atomic E-state index is 13.6. The van der Waals surface area contributed by atoms with Gasteiger partial charge in [0.15, 0.2) is 0 Å². The SMILES string of the molecule is CC(C)CC(NCc1cc(F)cc2cccnc12)C(=O)O. The molecule has 0 spiro atoms. The molecule has 0 bridgehead atoms. The van der Waals surface area contributed by atoms with E-state index < -0.39 is 12.0 Å². The van der Waals surface area contributed by atoms with Gasteiger partial charge in [-0.05, 0) is 36.1 Å². The van der Waals surface area contributed by atoms with Crippen molar-refractivity contribution < 1.29 is 14.3 Å². The van der Waals surface area contributed by atoms with E-state index in [-0.39, 0.29) is 18.3 Å². The van der Waals surface area contributed by atoms with Gasteiger partial charge in [0.1, 0.15) is 11.9 Å². The maximum absolute atomic E-state index is 13.6. The average Bonchev–Trinajstić information content (AvgIpc) is 2.42. The van der Waals surface area contributed by atoms with Crippen LogP contribution in [0.2, 0.25) is 0 Å². The molecule has 1 atom stereocenters. The number of carbonyl (C=O) groups is 1. The molecule has 2 N–H and O–H groups in total. The molecule has 2 rings (SSSR count). The van der Waals surface area contributed by atoms with Gasteiger partial charge in [0, 0.05) is 18.1 Å². The minimum absolute atomic E-state index is 0.265. The van der Waals surface area contributed by atoms with E-state index in [9.17, 15) is 14.3 Å². The lowest BCUT2D eigenvalue weighted by molar-refractivity contribution is -0.140. The van der Waals surface area contributed by atoms with E-state index in [0.29, 0.717) is 22.9 Å². The number of benzene rings is 1. The molecule has 21 heavy (non-hydrogen) atoms. The number of hydrogen-bond donors (Lipinski definition) is 2. The lowest BCUT2D eigenvalue weighted by Crippen LogP contribution is -2.37. The predicted molar refractivity (Wildman–Crippen MR) is 79.4 cm³/mol. The first-order valence-corrected chi connectivity index (χ1v) is 6.96. The zero-order valence-corrected chi connectivity index (χ0v) is 12.1. The highest BCUT2D eigenvalue weighted by Gasteiger charge is 2.18. The Kier molecular flexibility index (Phi) is 4.85. The number of hydrogen-bond acceptors (Lipinski definition) is 3. The van der Waals surface area contributed by atoms with E-state index in [1.807, 2.05) is 13.8 Å². The van der Waals surface area contributed by atoms with Gasteiger partial charge in [0.2, 0.25) is 0 Å². The van der Waals surface area contributed by atoms with E-state index in [1.165, 1.54) is 12.1 Å². The van der Waals surface area contributed by atoms with Crippen molar-refractivity contribution in [2.75, 3.05) is 0 Å². The van der Waals surface area contributed by atoms with Crippen molar-refractivity contribution in [3.05, 3.63) is 41.8 Å². The van der Waals surface area contributed by atoms with E-state index in [2.05, 4.69) is 10.3 Å². The standard InChI is InChI=1S/C16H19FN2O2/c1-10(2)6-14(16(20)21)19-9-12-8-13(17)7-11-4-3-5-18-15(11)12/h3-5,7-8,10,14,19H,6,9H2,1-2H3,(H,20,21). The number of fused-ring (bicyclic) bond motifs is 1. The van der Waals surface area contributed by atoms with Gasteiger partial charge in [-0.15, -0.1) is 0 Å². The monoisotopic (exact) mass is 290 g/mol. The van der Waals surface area contributed by atoms with Gasteiger partial charge in [0.05, 0.1) is 5.52 Å². The number of nitrogens with zero attached hydrogens (tertiary/aromatic N) is 1. The number of pyridine rings is 1. The molecule has 112 valence electrons. The Morgan fingerprint density at radius 1 is 1.43 bits per heavy atom. The summed E-state index contributed by atoms with van der Waals surface area (Å²) in [5.41, 5.74) is 1.36. The Balaban J connectivity index is 2.21. The fourth-order valence-corrected chi connectivity index (χ4v) is 2.34. The van der Waals surface area contributed by atoms with Gasteiger partial charge >= 0.3 is 5.97 Å². The summed E-state index contributed by atoms with van der Waals surface area (Å²) < 4.78 is 13.6. The molecule has 0 aliphatic heterocycles. The highest BCUT2D eigenvalue weighted by Crippen LogP contribution is 2.18. The smallest absolute Gasteiger partial charge is 0.320 e. The molecule has 0 radical (unpaired) electrons. The highest BCUT2D eigenvalue weighted by molar-refractivity contribution is 5.81. The molecule has 2 aromatic rings. The topological polar surface area (TPSA) is 62.2 Å². The lowest BCUT2D eigenvalue weighted by atomic mass is 10.0. The zero-order valence-electron chi connectivity index (χ0n) is 12.1. The van der Waals surface area contributed by atoms with Gasteiger partial charge in [-0.1, -0.05) is 19.9 Å². The maximum Gasteiger partial charge on any atom is 0.320 e. The molecule has 0 aliphatic carbocycles. The molecule has 1 heterocycles. The van der Waals surface area contributed by atoms with Crippen LogP contribution in [-0.2, 0) is 11.3 Å². The summed E-state index contributed by atoms with van der Waals surface area (Å²) in [6.07, 6.45) is 2.17. The van der Waals surface area contributed by atoms with Crippen molar-refractivity contribution in [2.24, 2.45) is 5.92 Å². The van der Waals surface area contributed by atoms with Crippen LogP contribution in [0.5, 0.6) is 0 Å². The quantitative estimate of drug-likeness (QED) is 0.858. The van der Waals surface area contributed by atoms with Gasteiger partial charge in [0.25, 0.3) is 0 Å². The second-order valence-corrected chi connectivity index (χ2v) is 5.54. The van der Waals surface area contributed by atoms with Crippen LogP contribution in [0.3, 0.4) is 0 Å². The summed E-state index contributed by atoms with van der Waals surface area (Å²) in [5.74, 6) is -0.971. The molecule has 0 amide bonds. The largest absolute Gasteiger partial charge is 0.480 e. The van der Waals surface area contributed by atoms with Crippen LogP contribution in [0.1, 0.15) is 25.8 Å². The summed E-state index contributed by atoms with van der Waals surface area (Å²) in [5, 5.41) is 12.9. The van der Waals surface area contributed by atoms with Crippen LogP contribution in [-0.4, -0.2) is 22.1 Å². The van der Waals surface area contributed by atoms with Crippen molar-refractivity contribution in [2.45, 2.75) is 32.9 Å². The number of aromatic nitrogens is 1. The van der Waals surface area contributed by atoms with Gasteiger partial charge < -0.3 is 10.4 Å². The number of aliphatic carboxylic acids is 1. The van der Waals surface area contributed by atoms with Crippen molar-refractivity contribution in [3.63, 3.8) is 0 Å². The molecule has 0 fully saturated rings. The first kappa shape index (κ1) is 15.4. The van der Waals surface area contributed by atoms with Gasteiger partial charge in [-0.25, -0.2) is 4.39 Å². The second kappa shape index (κ2) is 6.63. The summed E-state index contributed by atoms with van der Waals surface area (Å²) in [6, 6.07) is 5.72. The summed E-state index contributed by atoms with van der Waals surface area (Å²) >= 11 is 0. The van der Waals surface area contributed by atoms with Crippen LogP contribution in [0.15, 0.2) is 30.5 Å². The number of rotatable bonds is 6. The Hall–Kier alpha value is -2.01. The second-order valence-electron chi connectivity index (χ2n) is 5.54. The van der Waals surface area contributed by atoms with E-state index in [4.69, 9.17) is 0 Å². The molecular formula is C16H19FN2O2. The molecule has 0 saturated heterocycles.